The Morgan fingerprint density at radius 2 is 1.73 bits per heavy atom. The number of rotatable bonds is 7. The fourth-order valence-corrected chi connectivity index (χ4v) is 2.67. The third-order valence-corrected chi connectivity index (χ3v) is 4.12. The minimum atomic E-state index is 0. The third kappa shape index (κ3) is 6.82. The predicted octanol–water partition coefficient (Wildman–Crippen LogP) is 3.72. The Bertz CT molecular complexity index is 681. The summed E-state index contributed by atoms with van der Waals surface area (Å²) < 4.78 is 0. The monoisotopic (exact) mass is 467 g/mol. The normalized spacial score (nSPS) is 10.8. The molecule has 0 aliphatic carbocycles. The number of aliphatic imine (C=N–C) groups is 1. The van der Waals surface area contributed by atoms with Gasteiger partial charge in [-0.15, -0.1) is 24.0 Å². The molecule has 1 heterocycles. The minimum Gasteiger partial charge on any atom is -0.357 e. The van der Waals surface area contributed by atoms with Gasteiger partial charge in [0.2, 0.25) is 0 Å². The Morgan fingerprint density at radius 3 is 2.27 bits per heavy atom. The van der Waals surface area contributed by atoms with Crippen LogP contribution in [0.25, 0.3) is 0 Å². The summed E-state index contributed by atoms with van der Waals surface area (Å²) in [6.45, 7) is 9.77. The Labute approximate surface area is 174 Å². The molecular formula is C20H30IN5. The summed E-state index contributed by atoms with van der Waals surface area (Å²) >= 11 is 0. The van der Waals surface area contributed by atoms with Crippen molar-refractivity contribution in [2.24, 2.45) is 4.99 Å². The number of aromatic nitrogens is 1. The molecule has 5 nitrogen and oxygen atoms in total. The average Bonchev–Trinajstić information content (AvgIpc) is 2.64. The molecule has 6 heteroatoms. The van der Waals surface area contributed by atoms with Crippen molar-refractivity contribution in [3.63, 3.8) is 0 Å². The molecule has 142 valence electrons. The molecule has 0 spiro atoms. The van der Waals surface area contributed by atoms with Gasteiger partial charge < -0.3 is 15.5 Å². The quantitative estimate of drug-likeness (QED) is 0.370. The van der Waals surface area contributed by atoms with Crippen LogP contribution in [0.15, 0.2) is 47.6 Å². The van der Waals surface area contributed by atoms with Crippen LogP contribution in [0.1, 0.15) is 30.5 Å². The van der Waals surface area contributed by atoms with Crippen LogP contribution >= 0.6 is 24.0 Å². The van der Waals surface area contributed by atoms with Crippen LogP contribution in [-0.2, 0) is 13.1 Å². The molecule has 0 amide bonds. The molecule has 0 aliphatic rings. The molecule has 0 saturated carbocycles. The van der Waals surface area contributed by atoms with E-state index in [0.717, 1.165) is 37.0 Å². The highest BCUT2D eigenvalue weighted by molar-refractivity contribution is 14.0. The molecule has 0 aliphatic heterocycles. The van der Waals surface area contributed by atoms with Gasteiger partial charge in [0.1, 0.15) is 5.82 Å². The van der Waals surface area contributed by atoms with Gasteiger partial charge in [-0.05, 0) is 38.0 Å². The molecule has 0 saturated heterocycles. The van der Waals surface area contributed by atoms with E-state index in [1.165, 1.54) is 11.1 Å². The second kappa shape index (κ2) is 11.7. The molecule has 2 N–H and O–H groups in total. The summed E-state index contributed by atoms with van der Waals surface area (Å²) in [6.07, 6.45) is 1.93. The van der Waals surface area contributed by atoms with E-state index < -0.39 is 0 Å². The molecule has 1 aromatic carbocycles. The van der Waals surface area contributed by atoms with Crippen molar-refractivity contribution in [2.75, 3.05) is 25.0 Å². The molecule has 0 atom stereocenters. The van der Waals surface area contributed by atoms with Gasteiger partial charge in [-0.2, -0.15) is 0 Å². The van der Waals surface area contributed by atoms with E-state index in [2.05, 4.69) is 82.7 Å². The van der Waals surface area contributed by atoms with Crippen LogP contribution in [-0.4, -0.2) is 31.1 Å². The maximum Gasteiger partial charge on any atom is 0.191 e. The Balaban J connectivity index is 0.00000338. The van der Waals surface area contributed by atoms with Crippen LogP contribution in [0.3, 0.4) is 0 Å². The van der Waals surface area contributed by atoms with Gasteiger partial charge in [0.25, 0.3) is 0 Å². The standard InChI is InChI=1S/C20H29N5.HI/c1-5-25(6-2)19-11-10-18(14-22-19)15-24-20(21-4)23-13-17-9-7-8-16(3)12-17;/h7-12,14H,5-6,13,15H2,1-4H3,(H2,21,23,24);1H. The summed E-state index contributed by atoms with van der Waals surface area (Å²) in [5.74, 6) is 1.81. The lowest BCUT2D eigenvalue weighted by atomic mass is 10.1. The predicted molar refractivity (Wildman–Crippen MR) is 121 cm³/mol. The van der Waals surface area contributed by atoms with Crippen LogP contribution in [0.2, 0.25) is 0 Å². The number of pyridine rings is 1. The first kappa shape index (κ1) is 22.2. The number of benzene rings is 1. The average molecular weight is 467 g/mol. The number of hydrogen-bond donors (Lipinski definition) is 2. The van der Waals surface area contributed by atoms with E-state index in [1.807, 2.05) is 6.20 Å². The number of nitrogens with zero attached hydrogens (tertiary/aromatic N) is 3. The summed E-state index contributed by atoms with van der Waals surface area (Å²) in [5, 5.41) is 6.67. The van der Waals surface area contributed by atoms with E-state index in [1.54, 1.807) is 7.05 Å². The maximum atomic E-state index is 4.55. The zero-order valence-electron chi connectivity index (χ0n) is 16.1. The minimum absolute atomic E-state index is 0. The van der Waals surface area contributed by atoms with Gasteiger partial charge in [-0.25, -0.2) is 4.98 Å². The summed E-state index contributed by atoms with van der Waals surface area (Å²) in [5.41, 5.74) is 3.64. The topological polar surface area (TPSA) is 52.5 Å². The molecule has 2 aromatic rings. The largest absolute Gasteiger partial charge is 0.357 e. The maximum absolute atomic E-state index is 4.55. The van der Waals surface area contributed by atoms with Crippen LogP contribution in [0.4, 0.5) is 5.82 Å². The number of halogens is 1. The van der Waals surface area contributed by atoms with Gasteiger partial charge in [0.15, 0.2) is 5.96 Å². The van der Waals surface area contributed by atoms with Gasteiger partial charge >= 0.3 is 0 Å². The first-order valence-corrected chi connectivity index (χ1v) is 8.86. The first-order valence-electron chi connectivity index (χ1n) is 8.86. The van der Waals surface area contributed by atoms with Crippen molar-refractivity contribution in [3.8, 4) is 0 Å². The molecule has 2 rings (SSSR count). The molecule has 0 fully saturated rings. The van der Waals surface area contributed by atoms with Crippen molar-refractivity contribution in [1.82, 2.24) is 15.6 Å². The zero-order chi connectivity index (χ0) is 18.1. The Kier molecular flexibility index (Phi) is 10.0. The highest BCUT2D eigenvalue weighted by Crippen LogP contribution is 2.10. The number of aryl methyl sites for hydroxylation is 1. The van der Waals surface area contributed by atoms with Crippen molar-refractivity contribution in [2.45, 2.75) is 33.9 Å². The van der Waals surface area contributed by atoms with Gasteiger partial charge in [0.05, 0.1) is 0 Å². The number of hydrogen-bond acceptors (Lipinski definition) is 3. The van der Waals surface area contributed by atoms with Crippen molar-refractivity contribution < 1.29 is 0 Å². The Hall–Kier alpha value is -1.83. The Morgan fingerprint density at radius 1 is 1.04 bits per heavy atom. The lowest BCUT2D eigenvalue weighted by molar-refractivity contribution is 0.802. The molecular weight excluding hydrogens is 437 g/mol. The first-order chi connectivity index (χ1) is 12.2. The van der Waals surface area contributed by atoms with Gasteiger partial charge in [0, 0.05) is 39.4 Å². The van der Waals surface area contributed by atoms with E-state index in [-0.39, 0.29) is 24.0 Å². The molecule has 1 aromatic heterocycles. The molecule has 0 unspecified atom stereocenters. The number of nitrogens with one attached hydrogen (secondary N) is 2. The number of anilines is 1. The second-order valence-electron chi connectivity index (χ2n) is 5.97. The van der Waals surface area contributed by atoms with Crippen molar-refractivity contribution >= 4 is 35.8 Å². The van der Waals surface area contributed by atoms with Gasteiger partial charge in [-0.3, -0.25) is 4.99 Å². The fourth-order valence-electron chi connectivity index (χ4n) is 2.67. The molecule has 0 bridgehead atoms. The molecule has 26 heavy (non-hydrogen) atoms. The summed E-state index contributed by atoms with van der Waals surface area (Å²) in [4.78, 5) is 11.1. The lowest BCUT2D eigenvalue weighted by Crippen LogP contribution is -2.36. The highest BCUT2D eigenvalue weighted by atomic mass is 127. The smallest absolute Gasteiger partial charge is 0.191 e. The summed E-state index contributed by atoms with van der Waals surface area (Å²) in [6, 6.07) is 12.7. The second-order valence-corrected chi connectivity index (χ2v) is 5.97. The van der Waals surface area contributed by atoms with Crippen LogP contribution in [0.5, 0.6) is 0 Å². The van der Waals surface area contributed by atoms with E-state index in [9.17, 15) is 0 Å². The molecule has 0 radical (unpaired) electrons. The third-order valence-electron chi connectivity index (χ3n) is 4.12. The highest BCUT2D eigenvalue weighted by Gasteiger charge is 2.04. The summed E-state index contributed by atoms with van der Waals surface area (Å²) in [7, 11) is 1.79. The SMILES string of the molecule is CCN(CC)c1ccc(CNC(=NC)NCc2cccc(C)c2)cn1.I. The van der Waals surface area contributed by atoms with Gasteiger partial charge in [-0.1, -0.05) is 35.9 Å². The van der Waals surface area contributed by atoms with Crippen molar-refractivity contribution in [1.29, 1.82) is 0 Å². The number of guanidine groups is 1. The van der Waals surface area contributed by atoms with Crippen molar-refractivity contribution in [3.05, 3.63) is 59.3 Å². The lowest BCUT2D eigenvalue weighted by Gasteiger charge is -2.19. The van der Waals surface area contributed by atoms with Crippen LogP contribution in [0, 0.1) is 6.92 Å². The van der Waals surface area contributed by atoms with E-state index in [4.69, 9.17) is 0 Å². The zero-order valence-corrected chi connectivity index (χ0v) is 18.5. The van der Waals surface area contributed by atoms with Crippen LogP contribution < -0.4 is 15.5 Å². The van der Waals surface area contributed by atoms with E-state index >= 15 is 0 Å². The fraction of sp³-hybridized carbons (Fsp3) is 0.400. The van der Waals surface area contributed by atoms with E-state index in [0.29, 0.717) is 6.54 Å².